The molecule has 0 bridgehead atoms. The molecular formula is C22H19BrClNO4. The molecule has 1 N–H and O–H groups in total. The number of halogens is 2. The van der Waals surface area contributed by atoms with Gasteiger partial charge < -0.3 is 14.7 Å². The third-order valence-corrected chi connectivity index (χ3v) is 6.05. The van der Waals surface area contributed by atoms with Crippen LogP contribution in [0.15, 0.2) is 58.6 Å². The molecule has 5 nitrogen and oxygen atoms in total. The highest BCUT2D eigenvalue weighted by atomic mass is 79.9. The van der Waals surface area contributed by atoms with Crippen LogP contribution in [0.1, 0.15) is 30.0 Å². The average Bonchev–Trinajstić information content (AvgIpc) is 3.31. The van der Waals surface area contributed by atoms with E-state index < -0.39 is 17.7 Å². The third kappa shape index (κ3) is 3.97. The normalized spacial score (nSPS) is 23.7. The molecule has 2 aromatic rings. The van der Waals surface area contributed by atoms with Crippen LogP contribution in [0.3, 0.4) is 0 Å². The fourth-order valence-corrected chi connectivity index (χ4v) is 4.22. The summed E-state index contributed by atoms with van der Waals surface area (Å²) in [6, 6.07) is 13.2. The standard InChI is InChI=1S/C22H19BrClNO4/c23-15-7-3-13(4-8-15)19-18(20(26)14-5-9-16(24)10-6-14)21(27)22(28)25(19)12-17-2-1-11-29-17/h3-10,17,19,26H,1-2,11-12H2/b20-18+. The van der Waals surface area contributed by atoms with Crippen molar-refractivity contribution in [2.45, 2.75) is 25.0 Å². The number of rotatable bonds is 4. The Bertz CT molecular complexity index is 965. The number of ketones is 1. The number of benzene rings is 2. The van der Waals surface area contributed by atoms with Crippen molar-refractivity contribution in [2.75, 3.05) is 13.2 Å². The van der Waals surface area contributed by atoms with Crippen LogP contribution in [0.2, 0.25) is 5.02 Å². The number of hydrogen-bond acceptors (Lipinski definition) is 4. The van der Waals surface area contributed by atoms with Crippen molar-refractivity contribution in [3.05, 3.63) is 74.7 Å². The number of aliphatic hydroxyl groups excluding tert-OH is 1. The van der Waals surface area contributed by atoms with Gasteiger partial charge in [-0.1, -0.05) is 39.7 Å². The molecule has 0 aromatic heterocycles. The quantitative estimate of drug-likeness (QED) is 0.394. The maximum absolute atomic E-state index is 12.9. The Hall–Kier alpha value is -2.15. The number of hydrogen-bond donors (Lipinski definition) is 1. The van der Waals surface area contributed by atoms with E-state index in [2.05, 4.69) is 15.9 Å². The molecular weight excluding hydrogens is 458 g/mol. The Kier molecular flexibility index (Phi) is 5.76. The van der Waals surface area contributed by atoms with Crippen LogP contribution in [0.4, 0.5) is 0 Å². The van der Waals surface area contributed by atoms with Gasteiger partial charge in [0.1, 0.15) is 5.76 Å². The fraction of sp³-hybridized carbons (Fsp3) is 0.273. The summed E-state index contributed by atoms with van der Waals surface area (Å²) in [7, 11) is 0. The van der Waals surface area contributed by atoms with Crippen LogP contribution in [-0.4, -0.2) is 41.0 Å². The Balaban J connectivity index is 1.81. The molecule has 2 heterocycles. The molecule has 4 rings (SSSR count). The molecule has 2 aliphatic rings. The number of nitrogens with zero attached hydrogens (tertiary/aromatic N) is 1. The Morgan fingerprint density at radius 3 is 2.45 bits per heavy atom. The zero-order chi connectivity index (χ0) is 20.5. The molecule has 7 heteroatoms. The predicted molar refractivity (Wildman–Crippen MR) is 114 cm³/mol. The van der Waals surface area contributed by atoms with Crippen molar-refractivity contribution in [1.82, 2.24) is 4.90 Å². The van der Waals surface area contributed by atoms with Gasteiger partial charge in [-0.3, -0.25) is 9.59 Å². The van der Waals surface area contributed by atoms with Crippen molar-refractivity contribution < 1.29 is 19.4 Å². The summed E-state index contributed by atoms with van der Waals surface area (Å²) < 4.78 is 6.57. The van der Waals surface area contributed by atoms with Gasteiger partial charge in [0.05, 0.1) is 17.7 Å². The van der Waals surface area contributed by atoms with E-state index in [1.165, 1.54) is 4.90 Å². The van der Waals surface area contributed by atoms with Crippen molar-refractivity contribution >= 4 is 45.0 Å². The predicted octanol–water partition coefficient (Wildman–Crippen LogP) is 4.70. The Labute approximate surface area is 182 Å². The highest BCUT2D eigenvalue weighted by Gasteiger charge is 2.47. The summed E-state index contributed by atoms with van der Waals surface area (Å²) in [5, 5.41) is 11.5. The molecule has 1 amide bonds. The average molecular weight is 477 g/mol. The van der Waals surface area contributed by atoms with E-state index in [0.29, 0.717) is 23.7 Å². The molecule has 2 atom stereocenters. The molecule has 2 unspecified atom stereocenters. The number of likely N-dealkylation sites (tertiary alicyclic amines) is 1. The van der Waals surface area contributed by atoms with Gasteiger partial charge in [0.2, 0.25) is 0 Å². The maximum Gasteiger partial charge on any atom is 0.295 e. The first-order valence-corrected chi connectivity index (χ1v) is 10.5. The van der Waals surface area contributed by atoms with Gasteiger partial charge in [0.15, 0.2) is 0 Å². The van der Waals surface area contributed by atoms with Gasteiger partial charge >= 0.3 is 0 Å². The minimum absolute atomic E-state index is 0.0811. The first-order valence-electron chi connectivity index (χ1n) is 9.37. The van der Waals surface area contributed by atoms with Crippen LogP contribution in [0, 0.1) is 0 Å². The molecule has 0 radical (unpaired) electrons. The van der Waals surface area contributed by atoms with Crippen molar-refractivity contribution in [1.29, 1.82) is 0 Å². The van der Waals surface area contributed by atoms with Gasteiger partial charge in [-0.05, 0) is 54.8 Å². The van der Waals surface area contributed by atoms with Crippen LogP contribution in [-0.2, 0) is 14.3 Å². The lowest BCUT2D eigenvalue weighted by Gasteiger charge is -2.27. The minimum atomic E-state index is -0.691. The van der Waals surface area contributed by atoms with Crippen LogP contribution in [0.5, 0.6) is 0 Å². The number of amides is 1. The van der Waals surface area contributed by atoms with Crippen LogP contribution in [0.25, 0.3) is 5.76 Å². The zero-order valence-corrected chi connectivity index (χ0v) is 17.8. The minimum Gasteiger partial charge on any atom is -0.507 e. The molecule has 2 aliphatic heterocycles. The largest absolute Gasteiger partial charge is 0.507 e. The summed E-state index contributed by atoms with van der Waals surface area (Å²) in [5.74, 6) is -1.52. The molecule has 0 saturated carbocycles. The van der Waals surface area contributed by atoms with Crippen molar-refractivity contribution in [3.63, 3.8) is 0 Å². The van der Waals surface area contributed by atoms with E-state index in [-0.39, 0.29) is 17.4 Å². The molecule has 29 heavy (non-hydrogen) atoms. The topological polar surface area (TPSA) is 66.8 Å². The number of ether oxygens (including phenoxy) is 1. The highest BCUT2D eigenvalue weighted by Crippen LogP contribution is 2.40. The molecule has 2 fully saturated rings. The number of carbonyl (C=O) groups is 2. The summed E-state index contributed by atoms with van der Waals surface area (Å²) in [5.41, 5.74) is 1.27. The van der Waals surface area contributed by atoms with Gasteiger partial charge in [-0.2, -0.15) is 0 Å². The third-order valence-electron chi connectivity index (χ3n) is 5.27. The summed E-state index contributed by atoms with van der Waals surface area (Å²) in [6.07, 6.45) is 1.66. The van der Waals surface area contributed by atoms with E-state index in [4.69, 9.17) is 16.3 Å². The molecule has 0 aliphatic carbocycles. The van der Waals surface area contributed by atoms with E-state index in [0.717, 1.165) is 22.9 Å². The van der Waals surface area contributed by atoms with E-state index in [1.807, 2.05) is 24.3 Å². The van der Waals surface area contributed by atoms with Gasteiger partial charge in [0.25, 0.3) is 11.7 Å². The first-order chi connectivity index (χ1) is 14.0. The molecule has 2 aromatic carbocycles. The van der Waals surface area contributed by atoms with Gasteiger partial charge in [-0.15, -0.1) is 0 Å². The summed E-state index contributed by atoms with van der Waals surface area (Å²) in [4.78, 5) is 27.3. The highest BCUT2D eigenvalue weighted by molar-refractivity contribution is 9.10. The number of aliphatic hydroxyl groups is 1. The van der Waals surface area contributed by atoms with Crippen molar-refractivity contribution in [3.8, 4) is 0 Å². The second kappa shape index (κ2) is 8.30. The Morgan fingerprint density at radius 1 is 1.14 bits per heavy atom. The van der Waals surface area contributed by atoms with E-state index in [9.17, 15) is 14.7 Å². The second-order valence-corrected chi connectivity index (χ2v) is 8.50. The summed E-state index contributed by atoms with van der Waals surface area (Å²) in [6.45, 7) is 0.963. The zero-order valence-electron chi connectivity index (χ0n) is 15.5. The maximum atomic E-state index is 12.9. The lowest BCUT2D eigenvalue weighted by molar-refractivity contribution is -0.140. The lowest BCUT2D eigenvalue weighted by atomic mass is 9.95. The Morgan fingerprint density at radius 2 is 1.83 bits per heavy atom. The smallest absolute Gasteiger partial charge is 0.295 e. The van der Waals surface area contributed by atoms with Gasteiger partial charge in [-0.25, -0.2) is 0 Å². The van der Waals surface area contributed by atoms with Crippen LogP contribution < -0.4 is 0 Å². The molecule has 2 saturated heterocycles. The SMILES string of the molecule is O=C1C(=O)N(CC2CCCO2)C(c2ccc(Br)cc2)/C1=C(\O)c1ccc(Cl)cc1. The number of Topliss-reactive ketones (excluding diaryl/α,β-unsaturated/α-hetero) is 1. The fourth-order valence-electron chi connectivity index (χ4n) is 3.83. The second-order valence-electron chi connectivity index (χ2n) is 7.14. The van der Waals surface area contributed by atoms with E-state index >= 15 is 0 Å². The molecule has 150 valence electrons. The van der Waals surface area contributed by atoms with E-state index in [1.54, 1.807) is 24.3 Å². The molecule has 0 spiro atoms. The van der Waals surface area contributed by atoms with Crippen molar-refractivity contribution in [2.24, 2.45) is 0 Å². The first kappa shape index (κ1) is 20.1. The summed E-state index contributed by atoms with van der Waals surface area (Å²) >= 11 is 9.35. The monoisotopic (exact) mass is 475 g/mol. The lowest BCUT2D eigenvalue weighted by Crippen LogP contribution is -2.36. The number of carbonyl (C=O) groups excluding carboxylic acids is 2. The van der Waals surface area contributed by atoms with Gasteiger partial charge in [0, 0.05) is 28.2 Å². The van der Waals surface area contributed by atoms with Crippen LogP contribution >= 0.6 is 27.5 Å².